The van der Waals surface area contributed by atoms with E-state index < -0.39 is 0 Å². The number of nitrogens with zero attached hydrogens (tertiary/aromatic N) is 3. The molecular weight excluding hydrogens is 452 g/mol. The van der Waals surface area contributed by atoms with Gasteiger partial charge in [0.25, 0.3) is 0 Å². The van der Waals surface area contributed by atoms with E-state index in [2.05, 4.69) is 27.0 Å². The largest absolute Gasteiger partial charge is 0.487 e. The standard InChI is InChI=1S/C25H25ClN6O2/c1-18(7-5-6-12-27)15-34-31-14-21-24(28)29-17-30-25(21)32-20-10-11-23(22(26)13-20)33-16-19-8-3-2-4-9-19/h2-14,17H,1,15-16,27H2,(H3,28,29,30,32)/b7-5-,12-6-,31-14+. The van der Waals surface area contributed by atoms with Crippen molar-refractivity contribution in [1.82, 2.24) is 9.97 Å². The Balaban J connectivity index is 1.64. The van der Waals surface area contributed by atoms with E-state index in [1.54, 1.807) is 30.4 Å². The summed E-state index contributed by atoms with van der Waals surface area (Å²) in [6.45, 7) is 4.48. The highest BCUT2D eigenvalue weighted by atomic mass is 35.5. The van der Waals surface area contributed by atoms with E-state index >= 15 is 0 Å². The van der Waals surface area contributed by atoms with Crippen LogP contribution in [0.4, 0.5) is 17.3 Å². The highest BCUT2D eigenvalue weighted by Crippen LogP contribution is 2.30. The molecule has 0 saturated carbocycles. The van der Waals surface area contributed by atoms with E-state index in [1.807, 2.05) is 36.4 Å². The number of ether oxygens (including phenoxy) is 1. The Morgan fingerprint density at radius 2 is 1.97 bits per heavy atom. The molecule has 5 N–H and O–H groups in total. The molecular formula is C25H25ClN6O2. The molecule has 0 spiro atoms. The third-order valence-electron chi connectivity index (χ3n) is 4.41. The van der Waals surface area contributed by atoms with E-state index in [0.717, 1.165) is 11.1 Å². The van der Waals surface area contributed by atoms with Gasteiger partial charge in [0.05, 0.1) is 16.8 Å². The topological polar surface area (TPSA) is 121 Å². The molecule has 0 radical (unpaired) electrons. The Morgan fingerprint density at radius 3 is 2.74 bits per heavy atom. The Hall–Kier alpha value is -4.30. The molecule has 0 bridgehead atoms. The zero-order chi connectivity index (χ0) is 24.2. The number of rotatable bonds is 11. The molecule has 0 unspecified atom stereocenters. The maximum atomic E-state index is 6.42. The maximum Gasteiger partial charge on any atom is 0.144 e. The second-order valence-electron chi connectivity index (χ2n) is 6.98. The zero-order valence-electron chi connectivity index (χ0n) is 18.4. The average Bonchev–Trinajstić information content (AvgIpc) is 2.83. The molecule has 0 saturated heterocycles. The van der Waals surface area contributed by atoms with Gasteiger partial charge in [-0.3, -0.25) is 0 Å². The lowest BCUT2D eigenvalue weighted by Crippen LogP contribution is -2.05. The van der Waals surface area contributed by atoms with Gasteiger partial charge >= 0.3 is 0 Å². The lowest BCUT2D eigenvalue weighted by Gasteiger charge is -2.12. The second kappa shape index (κ2) is 12.7. The van der Waals surface area contributed by atoms with Gasteiger partial charge in [-0.2, -0.15) is 0 Å². The van der Waals surface area contributed by atoms with Gasteiger partial charge in [-0.15, -0.1) is 0 Å². The molecule has 1 heterocycles. The van der Waals surface area contributed by atoms with Gasteiger partial charge < -0.3 is 26.4 Å². The minimum absolute atomic E-state index is 0.196. The smallest absolute Gasteiger partial charge is 0.144 e. The first kappa shape index (κ1) is 24.3. The number of halogens is 1. The molecule has 3 aromatic rings. The van der Waals surface area contributed by atoms with Crippen molar-refractivity contribution in [3.05, 3.63) is 108 Å². The Morgan fingerprint density at radius 1 is 1.15 bits per heavy atom. The molecule has 0 aliphatic carbocycles. The first-order valence-corrected chi connectivity index (χ1v) is 10.7. The molecule has 174 valence electrons. The number of allylic oxidation sites excluding steroid dienone is 2. The van der Waals surface area contributed by atoms with Crippen molar-refractivity contribution in [2.24, 2.45) is 10.9 Å². The number of hydrogen-bond acceptors (Lipinski definition) is 8. The molecule has 0 atom stereocenters. The minimum Gasteiger partial charge on any atom is -0.487 e. The van der Waals surface area contributed by atoms with Crippen LogP contribution in [0.5, 0.6) is 5.75 Å². The van der Waals surface area contributed by atoms with Crippen molar-refractivity contribution in [2.75, 3.05) is 17.7 Å². The fourth-order valence-corrected chi connectivity index (χ4v) is 2.95. The van der Waals surface area contributed by atoms with Crippen LogP contribution >= 0.6 is 11.6 Å². The van der Waals surface area contributed by atoms with Crippen molar-refractivity contribution in [3.8, 4) is 5.75 Å². The lowest BCUT2D eigenvalue weighted by molar-refractivity contribution is 0.172. The van der Waals surface area contributed by atoms with Gasteiger partial charge in [0.1, 0.15) is 36.9 Å². The number of nitrogen functional groups attached to an aromatic ring is 1. The van der Waals surface area contributed by atoms with Crippen LogP contribution in [0.3, 0.4) is 0 Å². The summed E-state index contributed by atoms with van der Waals surface area (Å²) in [7, 11) is 0. The van der Waals surface area contributed by atoms with E-state index in [4.69, 9.17) is 32.6 Å². The highest BCUT2D eigenvalue weighted by Gasteiger charge is 2.10. The summed E-state index contributed by atoms with van der Waals surface area (Å²) in [6.07, 6.45) is 9.42. The van der Waals surface area contributed by atoms with Crippen LogP contribution in [-0.2, 0) is 11.4 Å². The predicted octanol–water partition coefficient (Wildman–Crippen LogP) is 4.97. The van der Waals surface area contributed by atoms with Gasteiger partial charge in [-0.25, -0.2) is 9.97 Å². The number of oxime groups is 1. The molecule has 9 heteroatoms. The molecule has 1 aromatic heterocycles. The monoisotopic (exact) mass is 476 g/mol. The number of benzene rings is 2. The number of anilines is 3. The maximum absolute atomic E-state index is 6.42. The molecule has 2 aromatic carbocycles. The Kier molecular flexibility index (Phi) is 9.07. The fraction of sp³-hybridized carbons (Fsp3) is 0.0800. The molecule has 3 rings (SSSR count). The first-order valence-electron chi connectivity index (χ1n) is 10.3. The van der Waals surface area contributed by atoms with E-state index in [1.165, 1.54) is 18.7 Å². The summed E-state index contributed by atoms with van der Waals surface area (Å²) in [4.78, 5) is 13.5. The number of hydrogen-bond donors (Lipinski definition) is 3. The Bertz CT molecular complexity index is 1200. The van der Waals surface area contributed by atoms with Crippen LogP contribution in [0, 0.1) is 0 Å². The quantitative estimate of drug-likeness (QED) is 0.203. The minimum atomic E-state index is 0.196. The van der Waals surface area contributed by atoms with Gasteiger partial charge in [0.15, 0.2) is 0 Å². The van der Waals surface area contributed by atoms with Gasteiger partial charge in [-0.1, -0.05) is 65.8 Å². The third-order valence-corrected chi connectivity index (χ3v) is 4.70. The third kappa shape index (κ3) is 7.39. The summed E-state index contributed by atoms with van der Waals surface area (Å²) in [5.41, 5.74) is 14.2. The zero-order valence-corrected chi connectivity index (χ0v) is 19.2. The van der Waals surface area contributed by atoms with Crippen molar-refractivity contribution < 1.29 is 9.57 Å². The second-order valence-corrected chi connectivity index (χ2v) is 7.38. The normalized spacial score (nSPS) is 11.3. The molecule has 34 heavy (non-hydrogen) atoms. The predicted molar refractivity (Wildman–Crippen MR) is 137 cm³/mol. The van der Waals surface area contributed by atoms with Crippen LogP contribution in [-0.4, -0.2) is 22.8 Å². The van der Waals surface area contributed by atoms with E-state index in [-0.39, 0.29) is 12.4 Å². The SMILES string of the molecule is C=C(/C=C\C=C/N)CO/N=C/c1c(N)ncnc1Nc1ccc(OCc2ccccc2)c(Cl)c1. The number of nitrogens with one attached hydrogen (secondary N) is 1. The van der Waals surface area contributed by atoms with E-state index in [0.29, 0.717) is 34.4 Å². The summed E-state index contributed by atoms with van der Waals surface area (Å²) in [5.74, 6) is 1.26. The van der Waals surface area contributed by atoms with Crippen LogP contribution in [0.2, 0.25) is 5.02 Å². The summed E-state index contributed by atoms with van der Waals surface area (Å²) in [5, 5.41) is 7.58. The summed E-state index contributed by atoms with van der Waals surface area (Å²) in [6, 6.07) is 15.2. The van der Waals surface area contributed by atoms with E-state index in [9.17, 15) is 0 Å². The number of aromatic nitrogens is 2. The first-order chi connectivity index (χ1) is 16.6. The van der Waals surface area contributed by atoms with Crippen LogP contribution in [0.1, 0.15) is 11.1 Å². The van der Waals surface area contributed by atoms with Crippen molar-refractivity contribution in [3.63, 3.8) is 0 Å². The van der Waals surface area contributed by atoms with Crippen molar-refractivity contribution in [1.29, 1.82) is 0 Å². The molecule has 0 aliphatic rings. The molecule has 8 nitrogen and oxygen atoms in total. The van der Waals surface area contributed by atoms with Crippen molar-refractivity contribution in [2.45, 2.75) is 6.61 Å². The average molecular weight is 477 g/mol. The van der Waals surface area contributed by atoms with Gasteiger partial charge in [0, 0.05) is 5.69 Å². The van der Waals surface area contributed by atoms with Crippen LogP contribution in [0.15, 0.2) is 96.6 Å². The van der Waals surface area contributed by atoms with Gasteiger partial charge in [0.2, 0.25) is 0 Å². The van der Waals surface area contributed by atoms with Gasteiger partial charge in [-0.05, 0) is 41.6 Å². The Labute approximate surface area is 203 Å². The highest BCUT2D eigenvalue weighted by molar-refractivity contribution is 6.32. The molecule has 0 fully saturated rings. The summed E-state index contributed by atoms with van der Waals surface area (Å²) >= 11 is 6.42. The molecule has 0 aliphatic heterocycles. The summed E-state index contributed by atoms with van der Waals surface area (Å²) < 4.78 is 5.82. The van der Waals surface area contributed by atoms with Crippen molar-refractivity contribution >= 4 is 35.1 Å². The lowest BCUT2D eigenvalue weighted by atomic mass is 10.2. The fourth-order valence-electron chi connectivity index (χ4n) is 2.72. The van der Waals surface area contributed by atoms with Crippen LogP contribution < -0.4 is 21.5 Å². The van der Waals surface area contributed by atoms with Crippen LogP contribution in [0.25, 0.3) is 0 Å². The molecule has 0 amide bonds. The number of nitrogens with two attached hydrogens (primary N) is 2.